The molecule has 0 amide bonds. The van der Waals surface area contributed by atoms with Gasteiger partial charge in [0.2, 0.25) is 0 Å². The lowest BCUT2D eigenvalue weighted by molar-refractivity contribution is 0.509. The van der Waals surface area contributed by atoms with Gasteiger partial charge in [-0.3, -0.25) is 4.98 Å². The summed E-state index contributed by atoms with van der Waals surface area (Å²) in [5, 5.41) is 3.38. The Morgan fingerprint density at radius 2 is 2.14 bits per heavy atom. The zero-order valence-electron chi connectivity index (χ0n) is 8.74. The van der Waals surface area contributed by atoms with Crippen LogP contribution in [-0.2, 0) is 6.54 Å². The summed E-state index contributed by atoms with van der Waals surface area (Å²) >= 11 is 0. The maximum atomic E-state index is 5.53. The molecule has 0 radical (unpaired) electrons. The molecule has 0 saturated carbocycles. The van der Waals surface area contributed by atoms with Crippen molar-refractivity contribution in [3.8, 4) is 0 Å². The van der Waals surface area contributed by atoms with Crippen molar-refractivity contribution in [1.82, 2.24) is 10.3 Å². The standard InChI is InChI=1S/C11H19N3/c1-10(8-12)2-5-14-9-11-3-6-13-7-4-11/h3-4,6-7,10,14H,2,5,8-9,12H2,1H3. The van der Waals surface area contributed by atoms with Crippen LogP contribution in [0.1, 0.15) is 18.9 Å². The normalized spacial score (nSPS) is 12.7. The van der Waals surface area contributed by atoms with Gasteiger partial charge in [-0.2, -0.15) is 0 Å². The van der Waals surface area contributed by atoms with Crippen LogP contribution in [-0.4, -0.2) is 18.1 Å². The van der Waals surface area contributed by atoms with Gasteiger partial charge < -0.3 is 11.1 Å². The molecule has 3 N–H and O–H groups in total. The van der Waals surface area contributed by atoms with E-state index >= 15 is 0 Å². The minimum absolute atomic E-state index is 0.611. The van der Waals surface area contributed by atoms with Crippen molar-refractivity contribution in [2.75, 3.05) is 13.1 Å². The fourth-order valence-electron chi connectivity index (χ4n) is 1.20. The summed E-state index contributed by atoms with van der Waals surface area (Å²) in [6.07, 6.45) is 4.78. The van der Waals surface area contributed by atoms with Crippen LogP contribution >= 0.6 is 0 Å². The van der Waals surface area contributed by atoms with Gasteiger partial charge in [-0.25, -0.2) is 0 Å². The first-order chi connectivity index (χ1) is 6.83. The van der Waals surface area contributed by atoms with Crippen LogP contribution < -0.4 is 11.1 Å². The second-order valence-corrected chi connectivity index (χ2v) is 3.66. The van der Waals surface area contributed by atoms with E-state index in [9.17, 15) is 0 Å². The summed E-state index contributed by atoms with van der Waals surface area (Å²) in [5.41, 5.74) is 6.81. The highest BCUT2D eigenvalue weighted by atomic mass is 14.8. The molecule has 1 atom stereocenters. The van der Waals surface area contributed by atoms with Crippen molar-refractivity contribution >= 4 is 0 Å². The van der Waals surface area contributed by atoms with Crippen molar-refractivity contribution < 1.29 is 0 Å². The molecule has 14 heavy (non-hydrogen) atoms. The van der Waals surface area contributed by atoms with Gasteiger partial charge in [0.15, 0.2) is 0 Å². The number of hydrogen-bond acceptors (Lipinski definition) is 3. The maximum Gasteiger partial charge on any atom is 0.0271 e. The Balaban J connectivity index is 2.10. The molecule has 0 aliphatic carbocycles. The number of pyridine rings is 1. The minimum Gasteiger partial charge on any atom is -0.330 e. The summed E-state index contributed by atoms with van der Waals surface area (Å²) in [6.45, 7) is 4.89. The molecule has 0 aromatic carbocycles. The van der Waals surface area contributed by atoms with Gasteiger partial charge in [-0.1, -0.05) is 6.92 Å². The van der Waals surface area contributed by atoms with Crippen LogP contribution in [0.2, 0.25) is 0 Å². The molecule has 0 aliphatic rings. The van der Waals surface area contributed by atoms with Gasteiger partial charge in [-0.05, 0) is 43.1 Å². The molecule has 0 aliphatic heterocycles. The third-order valence-electron chi connectivity index (χ3n) is 2.29. The van der Waals surface area contributed by atoms with E-state index in [2.05, 4.69) is 17.2 Å². The van der Waals surface area contributed by atoms with Crippen LogP contribution in [0.25, 0.3) is 0 Å². The largest absolute Gasteiger partial charge is 0.330 e. The highest BCUT2D eigenvalue weighted by Crippen LogP contribution is 1.98. The van der Waals surface area contributed by atoms with Crippen molar-refractivity contribution in [3.63, 3.8) is 0 Å². The molecule has 0 spiro atoms. The number of hydrogen-bond donors (Lipinski definition) is 2. The Bertz CT molecular complexity index is 236. The second-order valence-electron chi connectivity index (χ2n) is 3.66. The van der Waals surface area contributed by atoms with Gasteiger partial charge in [0.05, 0.1) is 0 Å². The van der Waals surface area contributed by atoms with Gasteiger partial charge in [0.1, 0.15) is 0 Å². The van der Waals surface area contributed by atoms with Crippen LogP contribution in [0.15, 0.2) is 24.5 Å². The Morgan fingerprint density at radius 1 is 1.43 bits per heavy atom. The van der Waals surface area contributed by atoms with Crippen molar-refractivity contribution in [1.29, 1.82) is 0 Å². The molecule has 1 aromatic heterocycles. The second kappa shape index (κ2) is 6.51. The van der Waals surface area contributed by atoms with Crippen LogP contribution in [0.4, 0.5) is 0 Å². The van der Waals surface area contributed by atoms with E-state index in [4.69, 9.17) is 5.73 Å². The molecule has 3 heteroatoms. The summed E-state index contributed by atoms with van der Waals surface area (Å²) < 4.78 is 0. The number of rotatable bonds is 6. The summed E-state index contributed by atoms with van der Waals surface area (Å²) in [6, 6.07) is 4.05. The predicted octanol–water partition coefficient (Wildman–Crippen LogP) is 1.16. The molecule has 1 aromatic rings. The summed E-state index contributed by atoms with van der Waals surface area (Å²) in [4.78, 5) is 3.97. The first-order valence-corrected chi connectivity index (χ1v) is 5.12. The van der Waals surface area contributed by atoms with Gasteiger partial charge in [-0.15, -0.1) is 0 Å². The molecule has 0 saturated heterocycles. The molecule has 78 valence electrons. The molecule has 3 nitrogen and oxygen atoms in total. The Kier molecular flexibility index (Phi) is 5.19. The third kappa shape index (κ3) is 4.35. The smallest absolute Gasteiger partial charge is 0.0271 e. The number of nitrogens with one attached hydrogen (secondary N) is 1. The van der Waals surface area contributed by atoms with Crippen LogP contribution in [0.5, 0.6) is 0 Å². The van der Waals surface area contributed by atoms with Crippen molar-refractivity contribution in [3.05, 3.63) is 30.1 Å². The molecular weight excluding hydrogens is 174 g/mol. The number of nitrogens with zero attached hydrogens (tertiary/aromatic N) is 1. The van der Waals surface area contributed by atoms with Crippen LogP contribution in [0, 0.1) is 5.92 Å². The van der Waals surface area contributed by atoms with E-state index in [0.717, 1.165) is 26.1 Å². The van der Waals surface area contributed by atoms with E-state index in [-0.39, 0.29) is 0 Å². The summed E-state index contributed by atoms with van der Waals surface area (Å²) in [5.74, 6) is 0.611. The minimum atomic E-state index is 0.611. The third-order valence-corrected chi connectivity index (χ3v) is 2.29. The molecular formula is C11H19N3. The van der Waals surface area contributed by atoms with Crippen molar-refractivity contribution in [2.45, 2.75) is 19.9 Å². The lowest BCUT2D eigenvalue weighted by atomic mass is 10.1. The fourth-order valence-corrected chi connectivity index (χ4v) is 1.20. The fraction of sp³-hybridized carbons (Fsp3) is 0.545. The zero-order chi connectivity index (χ0) is 10.2. The number of aromatic nitrogens is 1. The van der Waals surface area contributed by atoms with E-state index in [1.54, 1.807) is 0 Å². The van der Waals surface area contributed by atoms with E-state index in [0.29, 0.717) is 5.92 Å². The van der Waals surface area contributed by atoms with Crippen molar-refractivity contribution in [2.24, 2.45) is 11.7 Å². The highest BCUT2D eigenvalue weighted by molar-refractivity contribution is 5.08. The molecule has 0 bridgehead atoms. The van der Waals surface area contributed by atoms with E-state index < -0.39 is 0 Å². The first-order valence-electron chi connectivity index (χ1n) is 5.12. The quantitative estimate of drug-likeness (QED) is 0.666. The van der Waals surface area contributed by atoms with Gasteiger partial charge in [0, 0.05) is 18.9 Å². The lowest BCUT2D eigenvalue weighted by Crippen LogP contribution is -2.20. The first kappa shape index (κ1) is 11.1. The Hall–Kier alpha value is -0.930. The van der Waals surface area contributed by atoms with E-state index in [1.165, 1.54) is 5.56 Å². The highest BCUT2D eigenvalue weighted by Gasteiger charge is 1.97. The molecule has 0 fully saturated rings. The van der Waals surface area contributed by atoms with Gasteiger partial charge >= 0.3 is 0 Å². The molecule has 1 heterocycles. The topological polar surface area (TPSA) is 50.9 Å². The molecule has 1 rings (SSSR count). The van der Waals surface area contributed by atoms with Gasteiger partial charge in [0.25, 0.3) is 0 Å². The summed E-state index contributed by atoms with van der Waals surface area (Å²) in [7, 11) is 0. The van der Waals surface area contributed by atoms with Crippen LogP contribution in [0.3, 0.4) is 0 Å². The Labute approximate surface area is 85.7 Å². The average Bonchev–Trinajstić information content (AvgIpc) is 2.25. The molecule has 1 unspecified atom stereocenters. The predicted molar refractivity (Wildman–Crippen MR) is 58.8 cm³/mol. The lowest BCUT2D eigenvalue weighted by Gasteiger charge is -2.08. The maximum absolute atomic E-state index is 5.53. The van der Waals surface area contributed by atoms with E-state index in [1.807, 2.05) is 24.5 Å². The number of nitrogens with two attached hydrogens (primary N) is 1. The average molecular weight is 193 g/mol. The Morgan fingerprint density at radius 3 is 2.79 bits per heavy atom. The SMILES string of the molecule is CC(CN)CCNCc1ccncc1. The monoisotopic (exact) mass is 193 g/mol. The zero-order valence-corrected chi connectivity index (χ0v) is 8.74.